The molecule has 0 fully saturated rings. The number of nitrogens with zero attached hydrogens (tertiary/aromatic N) is 7. The van der Waals surface area contributed by atoms with Crippen molar-refractivity contribution < 1.29 is 14.3 Å². The minimum absolute atomic E-state index is 0.0728. The molecular weight excluding hydrogens is 484 g/mol. The lowest BCUT2D eigenvalue weighted by molar-refractivity contribution is -0.124. The standard InChI is InChI=1S/C27H28N8O3/c1-15-7-12-18-21(27(2,3)25(37)30-26-31-33-35(6)32-26)19-13-14-20(29-23(19)38-22(18)28-15)16-8-10-17(11-9-16)24(36)34(4)5/h7-14,21H,1-6H3,(H,30,32,37)/t21-/m1/s1. The van der Waals surface area contributed by atoms with Crippen LogP contribution in [0.2, 0.25) is 0 Å². The van der Waals surface area contributed by atoms with Crippen LogP contribution in [0.15, 0.2) is 48.5 Å². The Morgan fingerprint density at radius 1 is 0.974 bits per heavy atom. The molecule has 3 aromatic heterocycles. The number of anilines is 1. The monoisotopic (exact) mass is 512 g/mol. The molecule has 1 aromatic carbocycles. The summed E-state index contributed by atoms with van der Waals surface area (Å²) in [5, 5.41) is 14.5. The van der Waals surface area contributed by atoms with Gasteiger partial charge in [-0.05, 0) is 36.4 Å². The number of fused-ring (bicyclic) bond motifs is 2. The maximum absolute atomic E-state index is 13.5. The molecule has 1 N–H and O–H groups in total. The number of carbonyl (C=O) groups excluding carboxylic acids is 2. The number of hydrogen-bond donors (Lipinski definition) is 1. The number of pyridine rings is 2. The van der Waals surface area contributed by atoms with E-state index in [1.54, 1.807) is 33.3 Å². The van der Waals surface area contributed by atoms with E-state index in [2.05, 4.69) is 25.7 Å². The fourth-order valence-electron chi connectivity index (χ4n) is 4.56. The summed E-state index contributed by atoms with van der Waals surface area (Å²) in [4.78, 5) is 38.0. The van der Waals surface area contributed by atoms with Crippen LogP contribution >= 0.6 is 0 Å². The molecule has 38 heavy (non-hydrogen) atoms. The van der Waals surface area contributed by atoms with Crippen LogP contribution in [-0.4, -0.2) is 61.0 Å². The molecule has 0 bridgehead atoms. The summed E-state index contributed by atoms with van der Waals surface area (Å²) >= 11 is 0. The second kappa shape index (κ2) is 9.33. The van der Waals surface area contributed by atoms with Crippen molar-refractivity contribution in [3.8, 4) is 23.0 Å². The van der Waals surface area contributed by atoms with Crippen LogP contribution in [0.4, 0.5) is 5.95 Å². The number of tetrazole rings is 1. The molecule has 0 aliphatic carbocycles. The number of aryl methyl sites for hydroxylation is 2. The third-order valence-corrected chi connectivity index (χ3v) is 6.61. The zero-order valence-corrected chi connectivity index (χ0v) is 22.1. The van der Waals surface area contributed by atoms with Gasteiger partial charge >= 0.3 is 0 Å². The van der Waals surface area contributed by atoms with E-state index in [9.17, 15) is 9.59 Å². The maximum Gasteiger partial charge on any atom is 0.270 e. The van der Waals surface area contributed by atoms with Gasteiger partial charge in [0.25, 0.3) is 11.9 Å². The number of rotatable bonds is 5. The molecule has 2 amide bonds. The van der Waals surface area contributed by atoms with Gasteiger partial charge in [0, 0.05) is 48.0 Å². The van der Waals surface area contributed by atoms with E-state index in [-0.39, 0.29) is 17.8 Å². The quantitative estimate of drug-likeness (QED) is 0.430. The van der Waals surface area contributed by atoms with Crippen molar-refractivity contribution in [3.63, 3.8) is 0 Å². The fourth-order valence-corrected chi connectivity index (χ4v) is 4.56. The average molecular weight is 513 g/mol. The second-order valence-electron chi connectivity index (χ2n) is 10.0. The van der Waals surface area contributed by atoms with E-state index in [1.165, 1.54) is 9.70 Å². The van der Waals surface area contributed by atoms with Crippen LogP contribution in [0.5, 0.6) is 11.8 Å². The van der Waals surface area contributed by atoms with Gasteiger partial charge in [0.2, 0.25) is 17.7 Å². The van der Waals surface area contributed by atoms with E-state index in [0.717, 1.165) is 22.4 Å². The van der Waals surface area contributed by atoms with Crippen LogP contribution in [0.25, 0.3) is 11.3 Å². The van der Waals surface area contributed by atoms with Gasteiger partial charge in [-0.25, -0.2) is 9.97 Å². The van der Waals surface area contributed by atoms with E-state index >= 15 is 0 Å². The van der Waals surface area contributed by atoms with Crippen LogP contribution in [0.1, 0.15) is 46.9 Å². The van der Waals surface area contributed by atoms with Crippen molar-refractivity contribution >= 4 is 17.8 Å². The van der Waals surface area contributed by atoms with Crippen molar-refractivity contribution in [1.29, 1.82) is 0 Å². The highest BCUT2D eigenvalue weighted by molar-refractivity contribution is 5.95. The summed E-state index contributed by atoms with van der Waals surface area (Å²) in [5.74, 6) is 0.163. The first kappa shape index (κ1) is 25.0. The molecule has 1 atom stereocenters. The summed E-state index contributed by atoms with van der Waals surface area (Å²) in [6.45, 7) is 5.60. The van der Waals surface area contributed by atoms with E-state index in [1.807, 2.05) is 57.2 Å². The Morgan fingerprint density at radius 3 is 2.26 bits per heavy atom. The highest BCUT2D eigenvalue weighted by Gasteiger charge is 2.45. The van der Waals surface area contributed by atoms with Crippen molar-refractivity contribution in [1.82, 2.24) is 35.1 Å². The first-order chi connectivity index (χ1) is 18.0. The number of amides is 2. The molecule has 1 aliphatic heterocycles. The summed E-state index contributed by atoms with van der Waals surface area (Å²) in [5.41, 5.74) is 3.47. The predicted molar refractivity (Wildman–Crippen MR) is 140 cm³/mol. The van der Waals surface area contributed by atoms with Crippen molar-refractivity contribution in [2.75, 3.05) is 19.4 Å². The first-order valence-electron chi connectivity index (χ1n) is 12.1. The molecule has 1 aliphatic rings. The van der Waals surface area contributed by atoms with Gasteiger partial charge in [-0.15, -0.1) is 5.10 Å². The van der Waals surface area contributed by atoms with Gasteiger partial charge in [-0.2, -0.15) is 4.80 Å². The highest BCUT2D eigenvalue weighted by atomic mass is 16.5. The van der Waals surface area contributed by atoms with Crippen LogP contribution in [0.3, 0.4) is 0 Å². The number of carbonyl (C=O) groups is 2. The zero-order valence-electron chi connectivity index (χ0n) is 22.1. The Kier molecular flexibility index (Phi) is 6.14. The molecule has 0 saturated heterocycles. The molecule has 194 valence electrons. The molecule has 11 nitrogen and oxygen atoms in total. The minimum Gasteiger partial charge on any atom is -0.420 e. The summed E-state index contributed by atoms with van der Waals surface area (Å²) in [6, 6.07) is 14.9. The van der Waals surface area contributed by atoms with Crippen molar-refractivity contribution in [2.45, 2.75) is 26.7 Å². The lowest BCUT2D eigenvalue weighted by atomic mass is 9.70. The Hall–Kier alpha value is -4.67. The van der Waals surface area contributed by atoms with Crippen LogP contribution in [0, 0.1) is 12.3 Å². The molecule has 5 rings (SSSR count). The molecule has 4 heterocycles. The van der Waals surface area contributed by atoms with Gasteiger partial charge < -0.3 is 9.64 Å². The smallest absolute Gasteiger partial charge is 0.270 e. The topological polar surface area (TPSA) is 128 Å². The Labute approximate surface area is 219 Å². The van der Waals surface area contributed by atoms with E-state index in [0.29, 0.717) is 23.0 Å². The van der Waals surface area contributed by atoms with Gasteiger partial charge in [0.05, 0.1) is 18.2 Å². The lowest BCUT2D eigenvalue weighted by Crippen LogP contribution is -2.38. The number of ether oxygens (including phenoxy) is 1. The maximum atomic E-state index is 13.5. The highest BCUT2D eigenvalue weighted by Crippen LogP contribution is 2.51. The number of hydrogen-bond acceptors (Lipinski definition) is 8. The number of benzene rings is 1. The molecule has 0 unspecified atom stereocenters. The van der Waals surface area contributed by atoms with E-state index in [4.69, 9.17) is 9.72 Å². The van der Waals surface area contributed by atoms with Gasteiger partial charge in [0.15, 0.2) is 0 Å². The molecule has 11 heteroatoms. The SMILES string of the molecule is Cc1ccc2c(n1)Oc1nc(-c3ccc(C(=O)N(C)C)cc3)ccc1[C@@H]2C(C)(C)C(=O)Nc1nnn(C)n1. The summed E-state index contributed by atoms with van der Waals surface area (Å²) in [6.07, 6.45) is 0. The second-order valence-corrected chi connectivity index (χ2v) is 10.0. The van der Waals surface area contributed by atoms with E-state index < -0.39 is 11.3 Å². The van der Waals surface area contributed by atoms with Crippen LogP contribution < -0.4 is 10.1 Å². The Bertz CT molecular complexity index is 1540. The Balaban J connectivity index is 1.54. The molecular formula is C27H28N8O3. The number of aromatic nitrogens is 6. The van der Waals surface area contributed by atoms with Gasteiger partial charge in [0.1, 0.15) is 0 Å². The third-order valence-electron chi connectivity index (χ3n) is 6.61. The zero-order chi connectivity index (χ0) is 27.2. The Morgan fingerprint density at radius 2 is 1.63 bits per heavy atom. The third kappa shape index (κ3) is 4.47. The van der Waals surface area contributed by atoms with Gasteiger partial charge in [-0.1, -0.05) is 43.2 Å². The average Bonchev–Trinajstić information content (AvgIpc) is 3.30. The first-order valence-corrected chi connectivity index (χ1v) is 12.1. The normalized spacial score (nSPS) is 14.2. The molecule has 0 radical (unpaired) electrons. The largest absolute Gasteiger partial charge is 0.420 e. The van der Waals surface area contributed by atoms with Crippen molar-refractivity contribution in [3.05, 3.63) is 70.9 Å². The predicted octanol–water partition coefficient (Wildman–Crippen LogP) is 3.58. The van der Waals surface area contributed by atoms with Gasteiger partial charge in [-0.3, -0.25) is 14.9 Å². The van der Waals surface area contributed by atoms with Crippen molar-refractivity contribution in [2.24, 2.45) is 12.5 Å². The molecule has 0 spiro atoms. The lowest BCUT2D eigenvalue weighted by Gasteiger charge is -2.37. The summed E-state index contributed by atoms with van der Waals surface area (Å²) in [7, 11) is 5.06. The summed E-state index contributed by atoms with van der Waals surface area (Å²) < 4.78 is 6.19. The van der Waals surface area contributed by atoms with Crippen LogP contribution in [-0.2, 0) is 11.8 Å². The molecule has 4 aromatic rings. The molecule has 0 saturated carbocycles. The fraction of sp³-hybridized carbons (Fsp3) is 0.296. The minimum atomic E-state index is -0.958. The number of nitrogens with one attached hydrogen (secondary N) is 1.